The van der Waals surface area contributed by atoms with Gasteiger partial charge in [0.1, 0.15) is 11.1 Å². The standard InChI is InChI=1S/C13H15ClFNO3S/c1-8(13(17)16-9-5-6-9)20(18,19)7-10-11(14)3-2-4-12(10)15/h2-4,8-9H,5-7H2,1H3,(H,16,17)/t8-/m0/s1. The van der Waals surface area contributed by atoms with E-state index in [1.165, 1.54) is 19.1 Å². The van der Waals surface area contributed by atoms with E-state index in [2.05, 4.69) is 5.32 Å². The molecule has 1 saturated carbocycles. The number of nitrogens with one attached hydrogen (secondary N) is 1. The topological polar surface area (TPSA) is 63.2 Å². The van der Waals surface area contributed by atoms with Crippen molar-refractivity contribution in [2.45, 2.75) is 36.8 Å². The summed E-state index contributed by atoms with van der Waals surface area (Å²) < 4.78 is 37.9. The van der Waals surface area contributed by atoms with E-state index in [1.807, 2.05) is 0 Å². The molecule has 0 unspecified atom stereocenters. The second-order valence-electron chi connectivity index (χ2n) is 4.93. The van der Waals surface area contributed by atoms with Crippen LogP contribution in [0.5, 0.6) is 0 Å². The van der Waals surface area contributed by atoms with Crippen molar-refractivity contribution in [1.82, 2.24) is 5.32 Å². The maximum Gasteiger partial charge on any atom is 0.238 e. The highest BCUT2D eigenvalue weighted by Crippen LogP contribution is 2.24. The lowest BCUT2D eigenvalue weighted by Crippen LogP contribution is -2.39. The van der Waals surface area contributed by atoms with E-state index in [0.717, 1.165) is 18.9 Å². The molecule has 1 aromatic rings. The van der Waals surface area contributed by atoms with Gasteiger partial charge in [-0.15, -0.1) is 0 Å². The first kappa shape index (κ1) is 15.3. The summed E-state index contributed by atoms with van der Waals surface area (Å²) in [5.74, 6) is -1.81. The molecule has 20 heavy (non-hydrogen) atoms. The number of carbonyl (C=O) groups excluding carboxylic acids is 1. The van der Waals surface area contributed by atoms with Crippen LogP contribution in [0.25, 0.3) is 0 Å². The Morgan fingerprint density at radius 2 is 2.15 bits per heavy atom. The lowest BCUT2D eigenvalue weighted by molar-refractivity contribution is -0.120. The average molecular weight is 320 g/mol. The first-order valence-electron chi connectivity index (χ1n) is 6.26. The molecule has 1 amide bonds. The Hall–Kier alpha value is -1.14. The van der Waals surface area contributed by atoms with E-state index in [9.17, 15) is 17.6 Å². The minimum Gasteiger partial charge on any atom is -0.352 e. The first-order valence-corrected chi connectivity index (χ1v) is 8.35. The van der Waals surface area contributed by atoms with Crippen molar-refractivity contribution >= 4 is 27.3 Å². The SMILES string of the molecule is C[C@@H](C(=O)NC1CC1)S(=O)(=O)Cc1c(F)cccc1Cl. The highest BCUT2D eigenvalue weighted by Gasteiger charge is 2.33. The second-order valence-corrected chi connectivity index (χ2v) is 7.66. The quantitative estimate of drug-likeness (QED) is 0.903. The fraction of sp³-hybridized carbons (Fsp3) is 0.462. The summed E-state index contributed by atoms with van der Waals surface area (Å²) in [6, 6.07) is 4.05. The van der Waals surface area contributed by atoms with E-state index >= 15 is 0 Å². The number of sulfone groups is 1. The molecule has 1 aromatic carbocycles. The van der Waals surface area contributed by atoms with Crippen molar-refractivity contribution in [3.8, 4) is 0 Å². The summed E-state index contributed by atoms with van der Waals surface area (Å²) in [6.07, 6.45) is 1.75. The molecular weight excluding hydrogens is 305 g/mol. The van der Waals surface area contributed by atoms with Gasteiger partial charge in [-0.25, -0.2) is 12.8 Å². The first-order chi connectivity index (χ1) is 9.31. The predicted molar refractivity (Wildman–Crippen MR) is 74.7 cm³/mol. The molecule has 0 aromatic heterocycles. The van der Waals surface area contributed by atoms with E-state index < -0.39 is 32.6 Å². The minimum atomic E-state index is -3.81. The van der Waals surface area contributed by atoms with Crippen molar-refractivity contribution in [2.24, 2.45) is 0 Å². The number of carbonyl (C=O) groups is 1. The van der Waals surface area contributed by atoms with Crippen LogP contribution in [-0.2, 0) is 20.4 Å². The van der Waals surface area contributed by atoms with Gasteiger partial charge >= 0.3 is 0 Å². The van der Waals surface area contributed by atoms with Gasteiger partial charge in [-0.2, -0.15) is 0 Å². The van der Waals surface area contributed by atoms with Crippen molar-refractivity contribution in [3.63, 3.8) is 0 Å². The summed E-state index contributed by atoms with van der Waals surface area (Å²) in [5, 5.41) is 1.45. The molecule has 0 heterocycles. The van der Waals surface area contributed by atoms with Crippen LogP contribution in [0.3, 0.4) is 0 Å². The fourth-order valence-electron chi connectivity index (χ4n) is 1.71. The van der Waals surface area contributed by atoms with Crippen LogP contribution in [0, 0.1) is 5.82 Å². The molecule has 1 aliphatic rings. The zero-order valence-electron chi connectivity index (χ0n) is 10.9. The summed E-state index contributed by atoms with van der Waals surface area (Å²) in [5.41, 5.74) is -0.0970. The summed E-state index contributed by atoms with van der Waals surface area (Å²) in [6.45, 7) is 1.31. The monoisotopic (exact) mass is 319 g/mol. The van der Waals surface area contributed by atoms with Gasteiger partial charge in [0.2, 0.25) is 5.91 Å². The third-order valence-corrected chi connectivity index (χ3v) is 5.58. The number of hydrogen-bond acceptors (Lipinski definition) is 3. The van der Waals surface area contributed by atoms with Crippen molar-refractivity contribution in [2.75, 3.05) is 0 Å². The molecule has 1 fully saturated rings. The molecular formula is C13H15ClFNO3S. The van der Waals surface area contributed by atoms with E-state index in [-0.39, 0.29) is 16.6 Å². The van der Waals surface area contributed by atoms with Gasteiger partial charge in [0.25, 0.3) is 0 Å². The van der Waals surface area contributed by atoms with Crippen molar-refractivity contribution in [1.29, 1.82) is 0 Å². The van der Waals surface area contributed by atoms with Crippen LogP contribution in [0.2, 0.25) is 5.02 Å². The van der Waals surface area contributed by atoms with Gasteiger partial charge in [-0.05, 0) is 31.9 Å². The van der Waals surface area contributed by atoms with E-state index in [0.29, 0.717) is 0 Å². The molecule has 7 heteroatoms. The molecule has 4 nitrogen and oxygen atoms in total. The normalized spacial score (nSPS) is 16.8. The molecule has 0 aliphatic heterocycles. The van der Waals surface area contributed by atoms with Crippen LogP contribution in [0.4, 0.5) is 4.39 Å². The summed E-state index contributed by atoms with van der Waals surface area (Å²) >= 11 is 5.81. The third-order valence-electron chi connectivity index (χ3n) is 3.24. The van der Waals surface area contributed by atoms with Crippen molar-refractivity contribution in [3.05, 3.63) is 34.6 Å². The van der Waals surface area contributed by atoms with E-state index in [1.54, 1.807) is 0 Å². The highest BCUT2D eigenvalue weighted by molar-refractivity contribution is 7.92. The second kappa shape index (κ2) is 5.69. The highest BCUT2D eigenvalue weighted by atomic mass is 35.5. The molecule has 0 bridgehead atoms. The van der Waals surface area contributed by atoms with Gasteiger partial charge in [0, 0.05) is 16.6 Å². The van der Waals surface area contributed by atoms with Crippen LogP contribution in [0.15, 0.2) is 18.2 Å². The third kappa shape index (κ3) is 3.49. The molecule has 0 spiro atoms. The Bertz CT molecular complexity index is 608. The van der Waals surface area contributed by atoms with Gasteiger partial charge in [0.05, 0.1) is 5.75 Å². The molecule has 1 aliphatic carbocycles. The Kier molecular flexibility index (Phi) is 4.34. The molecule has 110 valence electrons. The number of rotatable bonds is 5. The van der Waals surface area contributed by atoms with Gasteiger partial charge in [0.15, 0.2) is 9.84 Å². The number of halogens is 2. The fourth-order valence-corrected chi connectivity index (χ4v) is 3.35. The number of benzene rings is 1. The van der Waals surface area contributed by atoms with E-state index in [4.69, 9.17) is 11.6 Å². The smallest absolute Gasteiger partial charge is 0.238 e. The Morgan fingerprint density at radius 1 is 1.50 bits per heavy atom. The zero-order chi connectivity index (χ0) is 14.9. The lowest BCUT2D eigenvalue weighted by atomic mass is 10.2. The van der Waals surface area contributed by atoms with Crippen molar-refractivity contribution < 1.29 is 17.6 Å². The Balaban J connectivity index is 2.15. The van der Waals surface area contributed by atoms with Crippen LogP contribution < -0.4 is 5.32 Å². The average Bonchev–Trinajstić information content (AvgIpc) is 3.17. The van der Waals surface area contributed by atoms with Gasteiger partial charge < -0.3 is 5.32 Å². The largest absolute Gasteiger partial charge is 0.352 e. The molecule has 0 saturated heterocycles. The number of amides is 1. The molecule has 2 rings (SSSR count). The number of hydrogen-bond donors (Lipinski definition) is 1. The van der Waals surface area contributed by atoms with Gasteiger partial charge in [-0.3, -0.25) is 4.79 Å². The Labute approximate surface area is 122 Å². The van der Waals surface area contributed by atoms with Crippen LogP contribution in [0.1, 0.15) is 25.3 Å². The van der Waals surface area contributed by atoms with Crippen LogP contribution in [-0.4, -0.2) is 25.6 Å². The minimum absolute atomic E-state index is 0.0448. The maximum absolute atomic E-state index is 13.6. The summed E-state index contributed by atoms with van der Waals surface area (Å²) in [7, 11) is -3.81. The van der Waals surface area contributed by atoms with Crippen LogP contribution >= 0.6 is 11.6 Å². The van der Waals surface area contributed by atoms with Gasteiger partial charge in [-0.1, -0.05) is 17.7 Å². The molecule has 1 atom stereocenters. The Morgan fingerprint density at radius 3 is 2.70 bits per heavy atom. The lowest BCUT2D eigenvalue weighted by Gasteiger charge is -2.14. The molecule has 0 radical (unpaired) electrons. The summed E-state index contributed by atoms with van der Waals surface area (Å²) in [4.78, 5) is 11.8. The zero-order valence-corrected chi connectivity index (χ0v) is 12.5. The maximum atomic E-state index is 13.6. The molecule has 1 N–H and O–H groups in total. The predicted octanol–water partition coefficient (Wildman–Crippen LogP) is 2.06.